The lowest BCUT2D eigenvalue weighted by atomic mass is 9.88. The fourth-order valence-electron chi connectivity index (χ4n) is 4.53. The molecule has 3 fully saturated rings. The summed E-state index contributed by atoms with van der Waals surface area (Å²) in [5.41, 5.74) is 1.38. The fourth-order valence-corrected chi connectivity index (χ4v) is 4.53. The molecule has 0 radical (unpaired) electrons. The minimum Gasteiger partial charge on any atom is -0.452 e. The lowest BCUT2D eigenvalue weighted by Gasteiger charge is -2.41. The topological polar surface area (TPSA) is 42.0 Å². The number of hydrogen-bond acceptors (Lipinski definition) is 4. The van der Waals surface area contributed by atoms with Crippen LogP contribution in [0.5, 0.6) is 5.75 Å². The number of amides is 1. The Morgan fingerprint density at radius 3 is 2.50 bits per heavy atom. The molecule has 2 heterocycles. The van der Waals surface area contributed by atoms with Crippen molar-refractivity contribution in [2.45, 2.75) is 56.6 Å². The SMILES string of the molecule is O=C1C(Oc2ccc(C3CC3)cc2)=CCN1[C@H]1C[C@@H](OCCN2CCCC2)C1. The van der Waals surface area contributed by atoms with E-state index in [1.807, 2.05) is 23.1 Å². The number of ether oxygens (including phenoxy) is 2. The highest BCUT2D eigenvalue weighted by Gasteiger charge is 2.40. The van der Waals surface area contributed by atoms with E-state index in [0.29, 0.717) is 24.4 Å². The van der Waals surface area contributed by atoms with Crippen molar-refractivity contribution in [3.05, 3.63) is 41.7 Å². The van der Waals surface area contributed by atoms with Crippen molar-refractivity contribution in [1.29, 1.82) is 0 Å². The number of likely N-dealkylation sites (tertiary alicyclic amines) is 1. The van der Waals surface area contributed by atoms with Crippen LogP contribution in [0.3, 0.4) is 0 Å². The van der Waals surface area contributed by atoms with Gasteiger partial charge in [0.05, 0.1) is 12.7 Å². The van der Waals surface area contributed by atoms with E-state index in [9.17, 15) is 4.79 Å². The molecule has 0 N–H and O–H groups in total. The van der Waals surface area contributed by atoms with Gasteiger partial charge in [0.15, 0.2) is 5.76 Å². The molecule has 28 heavy (non-hydrogen) atoms. The molecule has 0 aromatic heterocycles. The van der Waals surface area contributed by atoms with Gasteiger partial charge in [0.25, 0.3) is 5.91 Å². The van der Waals surface area contributed by atoms with E-state index in [1.165, 1.54) is 44.3 Å². The Hall–Kier alpha value is -1.85. The predicted molar refractivity (Wildman–Crippen MR) is 107 cm³/mol. The normalized spacial score (nSPS) is 27.8. The molecule has 0 unspecified atom stereocenters. The molecular weight excluding hydrogens is 352 g/mol. The Labute approximate surface area is 167 Å². The summed E-state index contributed by atoms with van der Waals surface area (Å²) >= 11 is 0. The lowest BCUT2D eigenvalue weighted by Crippen LogP contribution is -2.49. The summed E-state index contributed by atoms with van der Waals surface area (Å²) in [5, 5.41) is 0. The monoisotopic (exact) mass is 382 g/mol. The van der Waals surface area contributed by atoms with Gasteiger partial charge in [-0.05, 0) is 81.3 Å². The number of nitrogens with zero attached hydrogens (tertiary/aromatic N) is 2. The minimum atomic E-state index is 0.0202. The largest absolute Gasteiger partial charge is 0.452 e. The second-order valence-electron chi connectivity index (χ2n) is 8.64. The van der Waals surface area contributed by atoms with Gasteiger partial charge in [-0.15, -0.1) is 0 Å². The van der Waals surface area contributed by atoms with Gasteiger partial charge in [-0.2, -0.15) is 0 Å². The molecule has 2 aliphatic heterocycles. The van der Waals surface area contributed by atoms with Crippen molar-refractivity contribution in [2.24, 2.45) is 0 Å². The third-order valence-electron chi connectivity index (χ3n) is 6.57. The summed E-state index contributed by atoms with van der Waals surface area (Å²) < 4.78 is 11.9. The van der Waals surface area contributed by atoms with Crippen molar-refractivity contribution in [3.63, 3.8) is 0 Å². The number of hydrogen-bond donors (Lipinski definition) is 0. The molecule has 1 aromatic carbocycles. The average molecular weight is 383 g/mol. The average Bonchev–Trinajstić information content (AvgIpc) is 3.29. The molecule has 1 saturated heterocycles. The van der Waals surface area contributed by atoms with Crippen molar-refractivity contribution in [2.75, 3.05) is 32.8 Å². The first kappa shape index (κ1) is 18.2. The summed E-state index contributed by atoms with van der Waals surface area (Å²) in [6.45, 7) is 4.95. The molecule has 5 heteroatoms. The maximum Gasteiger partial charge on any atom is 0.289 e. The van der Waals surface area contributed by atoms with Gasteiger partial charge in [-0.1, -0.05) is 12.1 Å². The third kappa shape index (κ3) is 3.96. The molecule has 2 saturated carbocycles. The zero-order valence-corrected chi connectivity index (χ0v) is 16.5. The summed E-state index contributed by atoms with van der Waals surface area (Å²) in [7, 11) is 0. The maximum absolute atomic E-state index is 12.7. The highest BCUT2D eigenvalue weighted by molar-refractivity contribution is 5.94. The van der Waals surface area contributed by atoms with Gasteiger partial charge in [0.2, 0.25) is 0 Å². The number of benzene rings is 1. The van der Waals surface area contributed by atoms with Crippen LogP contribution in [0.1, 0.15) is 50.0 Å². The quantitative estimate of drug-likeness (QED) is 0.692. The zero-order chi connectivity index (χ0) is 18.9. The van der Waals surface area contributed by atoms with Crippen LogP contribution in [0.2, 0.25) is 0 Å². The molecule has 1 amide bonds. The first-order valence-corrected chi connectivity index (χ1v) is 10.9. The van der Waals surface area contributed by atoms with E-state index < -0.39 is 0 Å². The smallest absolute Gasteiger partial charge is 0.289 e. The van der Waals surface area contributed by atoms with Gasteiger partial charge >= 0.3 is 0 Å². The Bertz CT molecular complexity index is 729. The van der Waals surface area contributed by atoms with E-state index in [4.69, 9.17) is 9.47 Å². The second-order valence-corrected chi connectivity index (χ2v) is 8.64. The van der Waals surface area contributed by atoms with Crippen LogP contribution >= 0.6 is 0 Å². The molecule has 2 aliphatic carbocycles. The maximum atomic E-state index is 12.7. The van der Waals surface area contributed by atoms with E-state index in [1.54, 1.807) is 0 Å². The molecule has 0 atom stereocenters. The minimum absolute atomic E-state index is 0.0202. The highest BCUT2D eigenvalue weighted by atomic mass is 16.5. The summed E-state index contributed by atoms with van der Waals surface area (Å²) in [5.74, 6) is 1.98. The molecule has 5 rings (SSSR count). The molecule has 4 aliphatic rings. The van der Waals surface area contributed by atoms with Crippen molar-refractivity contribution < 1.29 is 14.3 Å². The van der Waals surface area contributed by atoms with Gasteiger partial charge in [-0.25, -0.2) is 0 Å². The molecule has 150 valence electrons. The van der Waals surface area contributed by atoms with Crippen LogP contribution < -0.4 is 4.74 Å². The van der Waals surface area contributed by atoms with Crippen molar-refractivity contribution in [3.8, 4) is 5.75 Å². The summed E-state index contributed by atoms with van der Waals surface area (Å²) in [6.07, 6.45) is 9.35. The van der Waals surface area contributed by atoms with Crippen LogP contribution in [-0.2, 0) is 9.53 Å². The van der Waals surface area contributed by atoms with Crippen LogP contribution in [0, 0.1) is 0 Å². The van der Waals surface area contributed by atoms with Crippen LogP contribution in [0.25, 0.3) is 0 Å². The van der Waals surface area contributed by atoms with Crippen molar-refractivity contribution in [1.82, 2.24) is 9.80 Å². The molecule has 1 aromatic rings. The Morgan fingerprint density at radius 1 is 1.04 bits per heavy atom. The van der Waals surface area contributed by atoms with E-state index in [-0.39, 0.29) is 5.91 Å². The third-order valence-corrected chi connectivity index (χ3v) is 6.57. The standard InChI is InChI=1S/C23H30N2O3/c26-23-22(28-20-7-5-18(6-8-20)17-3-4-17)9-12-25(23)19-15-21(16-19)27-14-13-24-10-1-2-11-24/h5-9,17,19,21H,1-4,10-16H2/t19-,21+. The molecule has 0 bridgehead atoms. The zero-order valence-electron chi connectivity index (χ0n) is 16.5. The van der Waals surface area contributed by atoms with Gasteiger partial charge in [0.1, 0.15) is 5.75 Å². The predicted octanol–water partition coefficient (Wildman–Crippen LogP) is 3.31. The van der Waals surface area contributed by atoms with Crippen LogP contribution in [0.4, 0.5) is 0 Å². The number of carbonyl (C=O) groups is 1. The number of rotatable bonds is 8. The highest BCUT2D eigenvalue weighted by Crippen LogP contribution is 2.40. The molecular formula is C23H30N2O3. The fraction of sp³-hybridized carbons (Fsp3) is 0.609. The molecule has 0 spiro atoms. The van der Waals surface area contributed by atoms with Gasteiger partial charge in [-0.3, -0.25) is 4.79 Å². The lowest BCUT2D eigenvalue weighted by molar-refractivity contribution is -0.135. The first-order chi connectivity index (χ1) is 13.8. The Morgan fingerprint density at radius 2 is 1.79 bits per heavy atom. The van der Waals surface area contributed by atoms with E-state index in [0.717, 1.165) is 37.7 Å². The number of carbonyl (C=O) groups excluding carboxylic acids is 1. The second kappa shape index (κ2) is 7.88. The van der Waals surface area contributed by atoms with E-state index >= 15 is 0 Å². The van der Waals surface area contributed by atoms with Gasteiger partial charge in [0, 0.05) is 19.1 Å². The van der Waals surface area contributed by atoms with Crippen LogP contribution in [-0.4, -0.2) is 60.6 Å². The van der Waals surface area contributed by atoms with E-state index in [2.05, 4.69) is 17.0 Å². The molecule has 5 nitrogen and oxygen atoms in total. The summed E-state index contributed by atoms with van der Waals surface area (Å²) in [4.78, 5) is 17.1. The Kier molecular flexibility index (Phi) is 5.12. The van der Waals surface area contributed by atoms with Gasteiger partial charge < -0.3 is 19.3 Å². The first-order valence-electron chi connectivity index (χ1n) is 10.9. The Balaban J connectivity index is 1.05. The van der Waals surface area contributed by atoms with Crippen molar-refractivity contribution >= 4 is 5.91 Å². The van der Waals surface area contributed by atoms with Crippen LogP contribution in [0.15, 0.2) is 36.1 Å². The summed E-state index contributed by atoms with van der Waals surface area (Å²) in [6, 6.07) is 8.51.